The summed E-state index contributed by atoms with van der Waals surface area (Å²) in [5, 5.41) is 2.86. The standard InChI is InChI=1S/C12H17BrN2O2/c1-8(6-14)12(16)15-11-5-3-4-10(13)9(11)7-17-2/h3-5,8H,6-7,14H2,1-2H3,(H,15,16). The summed E-state index contributed by atoms with van der Waals surface area (Å²) in [4.78, 5) is 11.8. The van der Waals surface area contributed by atoms with Gasteiger partial charge in [0.1, 0.15) is 0 Å². The van der Waals surface area contributed by atoms with Gasteiger partial charge >= 0.3 is 0 Å². The Bertz CT molecular complexity index is 396. The van der Waals surface area contributed by atoms with Crippen molar-refractivity contribution in [3.63, 3.8) is 0 Å². The van der Waals surface area contributed by atoms with Gasteiger partial charge in [-0.25, -0.2) is 0 Å². The predicted molar refractivity (Wildman–Crippen MR) is 71.7 cm³/mol. The molecule has 5 heteroatoms. The number of nitrogens with one attached hydrogen (secondary N) is 1. The number of halogens is 1. The van der Waals surface area contributed by atoms with Crippen LogP contribution in [0.2, 0.25) is 0 Å². The van der Waals surface area contributed by atoms with Crippen molar-refractivity contribution in [3.05, 3.63) is 28.2 Å². The van der Waals surface area contributed by atoms with Crippen LogP contribution in [-0.4, -0.2) is 19.6 Å². The molecule has 0 aliphatic heterocycles. The molecule has 0 radical (unpaired) electrons. The highest BCUT2D eigenvalue weighted by Gasteiger charge is 2.14. The van der Waals surface area contributed by atoms with E-state index in [1.807, 2.05) is 18.2 Å². The Balaban J connectivity index is 2.90. The minimum Gasteiger partial charge on any atom is -0.380 e. The molecule has 1 aromatic carbocycles. The van der Waals surface area contributed by atoms with Crippen LogP contribution in [0.5, 0.6) is 0 Å². The Labute approximate surface area is 110 Å². The zero-order valence-corrected chi connectivity index (χ0v) is 11.6. The lowest BCUT2D eigenvalue weighted by molar-refractivity contribution is -0.119. The van der Waals surface area contributed by atoms with Crippen LogP contribution in [0.25, 0.3) is 0 Å². The predicted octanol–water partition coefficient (Wildman–Crippen LogP) is 2.13. The van der Waals surface area contributed by atoms with Crippen LogP contribution in [0.3, 0.4) is 0 Å². The van der Waals surface area contributed by atoms with E-state index >= 15 is 0 Å². The second kappa shape index (κ2) is 6.74. The molecule has 0 aliphatic rings. The number of methoxy groups -OCH3 is 1. The summed E-state index contributed by atoms with van der Waals surface area (Å²) in [5.41, 5.74) is 7.14. The van der Waals surface area contributed by atoms with Crippen molar-refractivity contribution >= 4 is 27.5 Å². The molecule has 17 heavy (non-hydrogen) atoms. The molecule has 0 saturated heterocycles. The number of hydrogen-bond donors (Lipinski definition) is 2. The van der Waals surface area contributed by atoms with Gasteiger partial charge in [-0.05, 0) is 12.1 Å². The third kappa shape index (κ3) is 3.80. The highest BCUT2D eigenvalue weighted by atomic mass is 79.9. The Morgan fingerprint density at radius 1 is 1.59 bits per heavy atom. The smallest absolute Gasteiger partial charge is 0.228 e. The molecule has 4 nitrogen and oxygen atoms in total. The summed E-state index contributed by atoms with van der Waals surface area (Å²) in [6, 6.07) is 5.63. The van der Waals surface area contributed by atoms with E-state index in [1.165, 1.54) is 0 Å². The quantitative estimate of drug-likeness (QED) is 0.875. The average Bonchev–Trinajstić information content (AvgIpc) is 2.32. The number of nitrogens with two attached hydrogens (primary N) is 1. The van der Waals surface area contributed by atoms with Crippen LogP contribution < -0.4 is 11.1 Å². The number of carbonyl (C=O) groups excluding carboxylic acids is 1. The van der Waals surface area contributed by atoms with Gasteiger partial charge in [0.25, 0.3) is 0 Å². The number of rotatable bonds is 5. The van der Waals surface area contributed by atoms with Gasteiger partial charge in [-0.3, -0.25) is 4.79 Å². The van der Waals surface area contributed by atoms with Gasteiger partial charge in [0.2, 0.25) is 5.91 Å². The van der Waals surface area contributed by atoms with Gasteiger partial charge in [0.15, 0.2) is 0 Å². The number of amides is 1. The molecule has 0 bridgehead atoms. The molecule has 1 aromatic rings. The minimum absolute atomic E-state index is 0.0806. The summed E-state index contributed by atoms with van der Waals surface area (Å²) in [6.45, 7) is 2.57. The van der Waals surface area contributed by atoms with Gasteiger partial charge in [0.05, 0.1) is 6.61 Å². The van der Waals surface area contributed by atoms with Crippen molar-refractivity contribution in [3.8, 4) is 0 Å². The number of benzene rings is 1. The topological polar surface area (TPSA) is 64.3 Å². The fourth-order valence-corrected chi connectivity index (χ4v) is 1.81. The first-order chi connectivity index (χ1) is 8.10. The van der Waals surface area contributed by atoms with Crippen LogP contribution >= 0.6 is 15.9 Å². The van der Waals surface area contributed by atoms with E-state index in [9.17, 15) is 4.79 Å². The molecule has 0 aliphatic carbocycles. The van der Waals surface area contributed by atoms with Crippen LogP contribution in [-0.2, 0) is 16.1 Å². The van der Waals surface area contributed by atoms with Crippen molar-refractivity contribution in [2.45, 2.75) is 13.5 Å². The molecule has 0 heterocycles. The molecule has 3 N–H and O–H groups in total. The molecule has 1 amide bonds. The van der Waals surface area contributed by atoms with Crippen molar-refractivity contribution in [2.75, 3.05) is 19.0 Å². The molecular weight excluding hydrogens is 284 g/mol. The molecular formula is C12H17BrN2O2. The van der Waals surface area contributed by atoms with Crippen LogP contribution in [0.1, 0.15) is 12.5 Å². The number of anilines is 1. The van der Waals surface area contributed by atoms with Gasteiger partial charge < -0.3 is 15.8 Å². The fraction of sp³-hybridized carbons (Fsp3) is 0.417. The van der Waals surface area contributed by atoms with E-state index in [0.717, 1.165) is 15.7 Å². The van der Waals surface area contributed by atoms with Gasteiger partial charge in [-0.15, -0.1) is 0 Å². The third-order valence-corrected chi connectivity index (χ3v) is 3.21. The number of ether oxygens (including phenoxy) is 1. The summed E-state index contributed by atoms with van der Waals surface area (Å²) in [7, 11) is 1.62. The summed E-state index contributed by atoms with van der Waals surface area (Å²) >= 11 is 3.44. The zero-order chi connectivity index (χ0) is 12.8. The molecule has 94 valence electrons. The van der Waals surface area contributed by atoms with Crippen molar-refractivity contribution in [1.29, 1.82) is 0 Å². The second-order valence-corrected chi connectivity index (χ2v) is 4.68. The fourth-order valence-electron chi connectivity index (χ4n) is 1.33. The summed E-state index contributed by atoms with van der Waals surface area (Å²) < 4.78 is 6.03. The van der Waals surface area contributed by atoms with Crippen molar-refractivity contribution in [2.24, 2.45) is 11.7 Å². The van der Waals surface area contributed by atoms with E-state index in [1.54, 1.807) is 14.0 Å². The highest BCUT2D eigenvalue weighted by molar-refractivity contribution is 9.10. The molecule has 0 spiro atoms. The Hall–Kier alpha value is -0.910. The van der Waals surface area contributed by atoms with E-state index in [-0.39, 0.29) is 11.8 Å². The minimum atomic E-state index is -0.204. The van der Waals surface area contributed by atoms with Gasteiger partial charge in [-0.2, -0.15) is 0 Å². The lowest BCUT2D eigenvalue weighted by Gasteiger charge is -2.14. The van der Waals surface area contributed by atoms with Crippen LogP contribution in [0.15, 0.2) is 22.7 Å². The Morgan fingerprint density at radius 2 is 2.29 bits per heavy atom. The van der Waals surface area contributed by atoms with Crippen LogP contribution in [0.4, 0.5) is 5.69 Å². The SMILES string of the molecule is COCc1c(Br)cccc1NC(=O)C(C)CN. The molecule has 0 fully saturated rings. The van der Waals surface area contributed by atoms with E-state index in [4.69, 9.17) is 10.5 Å². The molecule has 1 atom stereocenters. The lowest BCUT2D eigenvalue weighted by Crippen LogP contribution is -2.27. The Morgan fingerprint density at radius 3 is 2.88 bits per heavy atom. The molecule has 0 aromatic heterocycles. The van der Waals surface area contributed by atoms with E-state index in [2.05, 4.69) is 21.2 Å². The van der Waals surface area contributed by atoms with E-state index < -0.39 is 0 Å². The third-order valence-electron chi connectivity index (χ3n) is 2.47. The molecule has 1 rings (SSSR count). The Kier molecular flexibility index (Phi) is 5.61. The largest absolute Gasteiger partial charge is 0.380 e. The first kappa shape index (κ1) is 14.2. The lowest BCUT2D eigenvalue weighted by atomic mass is 10.1. The van der Waals surface area contributed by atoms with E-state index in [0.29, 0.717) is 13.2 Å². The summed E-state index contributed by atoms with van der Waals surface area (Å²) in [6.07, 6.45) is 0. The first-order valence-corrected chi connectivity index (χ1v) is 6.16. The maximum Gasteiger partial charge on any atom is 0.228 e. The zero-order valence-electron chi connectivity index (χ0n) is 10.00. The number of hydrogen-bond acceptors (Lipinski definition) is 3. The van der Waals surface area contributed by atoms with Crippen molar-refractivity contribution < 1.29 is 9.53 Å². The maximum atomic E-state index is 11.8. The monoisotopic (exact) mass is 300 g/mol. The maximum absolute atomic E-state index is 11.8. The molecule has 0 saturated carbocycles. The first-order valence-electron chi connectivity index (χ1n) is 5.37. The molecule has 1 unspecified atom stereocenters. The van der Waals surface area contributed by atoms with Crippen molar-refractivity contribution in [1.82, 2.24) is 0 Å². The average molecular weight is 301 g/mol. The summed E-state index contributed by atoms with van der Waals surface area (Å²) in [5.74, 6) is -0.285. The van der Waals surface area contributed by atoms with Gasteiger partial charge in [-0.1, -0.05) is 28.9 Å². The number of carbonyl (C=O) groups is 1. The van der Waals surface area contributed by atoms with Crippen LogP contribution in [0, 0.1) is 5.92 Å². The second-order valence-electron chi connectivity index (χ2n) is 3.82. The highest BCUT2D eigenvalue weighted by Crippen LogP contribution is 2.25. The normalized spacial score (nSPS) is 12.2. The van der Waals surface area contributed by atoms with Gasteiger partial charge in [0, 0.05) is 35.3 Å².